The number of aromatic nitrogens is 5. The Morgan fingerprint density at radius 2 is 1.94 bits per heavy atom. The van der Waals surface area contributed by atoms with Crippen LogP contribution in [-0.4, -0.2) is 19.3 Å². The summed E-state index contributed by atoms with van der Waals surface area (Å²) in [5, 5.41) is 6.00. The molecule has 0 aliphatic heterocycles. The number of rotatable bonds is 4. The summed E-state index contributed by atoms with van der Waals surface area (Å²) in [5.74, 6) is 0. The zero-order valence-corrected chi connectivity index (χ0v) is 19.2. The standard InChI is InChI=1S/C24H18ClN5O2S/c1-13-22-19(28-30(23(22)32)24-27-18-4-2-3-5-20(18)33-24)11-21(31)29(13)9-8-14-12-26-17-7-6-15(25)10-16(14)17/h2-7,10-12,26,28H,8-9H2,1H3/p+1. The molecule has 0 spiro atoms. The summed E-state index contributed by atoms with van der Waals surface area (Å²) < 4.78 is 4.20. The van der Waals surface area contributed by atoms with Gasteiger partial charge in [-0.15, -0.1) is 0 Å². The molecule has 4 aromatic heterocycles. The number of nitrogens with one attached hydrogen (secondary N) is 3. The summed E-state index contributed by atoms with van der Waals surface area (Å²) in [6, 6.07) is 15.1. The Kier molecular flexibility index (Phi) is 4.53. The molecule has 0 radical (unpaired) electrons. The minimum absolute atomic E-state index is 0.147. The van der Waals surface area contributed by atoms with Gasteiger partial charge >= 0.3 is 10.7 Å². The fourth-order valence-electron chi connectivity index (χ4n) is 4.43. The van der Waals surface area contributed by atoms with Crippen molar-refractivity contribution in [3.8, 4) is 5.13 Å². The zero-order valence-electron chi connectivity index (χ0n) is 17.6. The average molecular weight is 477 g/mol. The summed E-state index contributed by atoms with van der Waals surface area (Å²) >= 11 is 7.65. The SMILES string of the molecule is Cc1c2c(=O)n(-c3[nH+]c4ccccc4s3)[nH]c2cc(=O)n1CCc1c[nH]c2ccc(Cl)cc12. The Hall–Kier alpha value is -3.62. The van der Waals surface area contributed by atoms with Gasteiger partial charge in [-0.3, -0.25) is 4.79 Å². The van der Waals surface area contributed by atoms with Gasteiger partial charge in [0.15, 0.2) is 0 Å². The number of hydrogen-bond donors (Lipinski definition) is 2. The van der Waals surface area contributed by atoms with Crippen LogP contribution in [0.4, 0.5) is 0 Å². The summed E-state index contributed by atoms with van der Waals surface area (Å²) in [6.07, 6.45) is 2.58. The molecule has 9 heteroatoms. The first-order valence-corrected chi connectivity index (χ1v) is 11.7. The first-order valence-electron chi connectivity index (χ1n) is 10.5. The minimum Gasteiger partial charge on any atom is -0.361 e. The third-order valence-corrected chi connectivity index (χ3v) is 7.38. The van der Waals surface area contributed by atoms with Crippen molar-refractivity contribution in [3.63, 3.8) is 0 Å². The highest BCUT2D eigenvalue weighted by Gasteiger charge is 2.22. The van der Waals surface area contributed by atoms with Crippen molar-refractivity contribution in [2.24, 2.45) is 0 Å². The number of aromatic amines is 3. The van der Waals surface area contributed by atoms with Crippen LogP contribution >= 0.6 is 22.9 Å². The van der Waals surface area contributed by atoms with E-state index in [1.165, 1.54) is 22.1 Å². The predicted octanol–water partition coefficient (Wildman–Crippen LogP) is 4.20. The number of thiazole rings is 1. The molecular weight excluding hydrogens is 458 g/mol. The molecule has 6 rings (SSSR count). The number of fused-ring (bicyclic) bond motifs is 3. The number of H-pyrrole nitrogens is 3. The molecule has 0 bridgehead atoms. The van der Waals surface area contributed by atoms with Gasteiger partial charge in [-0.1, -0.05) is 28.4 Å². The molecule has 33 heavy (non-hydrogen) atoms. The molecular formula is C24H19ClN5O2S+. The Morgan fingerprint density at radius 1 is 1.09 bits per heavy atom. The second-order valence-corrected chi connectivity index (χ2v) is 9.51. The van der Waals surface area contributed by atoms with E-state index >= 15 is 0 Å². The first-order chi connectivity index (χ1) is 16.0. The lowest BCUT2D eigenvalue weighted by Gasteiger charge is -2.09. The highest BCUT2D eigenvalue weighted by atomic mass is 35.5. The van der Waals surface area contributed by atoms with E-state index in [0.717, 1.165) is 26.7 Å². The fraction of sp³-hybridized carbons (Fsp3) is 0.125. The van der Waals surface area contributed by atoms with Gasteiger partial charge in [-0.05, 0) is 60.6 Å². The van der Waals surface area contributed by atoms with Crippen molar-refractivity contribution in [2.75, 3.05) is 0 Å². The second-order valence-electron chi connectivity index (χ2n) is 8.04. The molecule has 0 saturated heterocycles. The van der Waals surface area contributed by atoms with E-state index in [1.54, 1.807) is 4.57 Å². The highest BCUT2D eigenvalue weighted by molar-refractivity contribution is 7.20. The molecule has 0 amide bonds. The lowest BCUT2D eigenvalue weighted by atomic mass is 10.1. The molecule has 0 atom stereocenters. The van der Waals surface area contributed by atoms with E-state index in [0.29, 0.717) is 39.7 Å². The molecule has 0 aliphatic carbocycles. The predicted molar refractivity (Wildman–Crippen MR) is 132 cm³/mol. The Balaban J connectivity index is 1.41. The molecule has 7 nitrogen and oxygen atoms in total. The Morgan fingerprint density at radius 3 is 2.79 bits per heavy atom. The molecule has 0 saturated carbocycles. The summed E-state index contributed by atoms with van der Waals surface area (Å²) in [7, 11) is 0. The van der Waals surface area contributed by atoms with E-state index < -0.39 is 0 Å². The Labute approximate surface area is 195 Å². The van der Waals surface area contributed by atoms with Crippen molar-refractivity contribution in [2.45, 2.75) is 19.9 Å². The average Bonchev–Trinajstić information content (AvgIpc) is 3.48. The van der Waals surface area contributed by atoms with Crippen LogP contribution in [0.5, 0.6) is 0 Å². The van der Waals surface area contributed by atoms with Crippen LogP contribution in [0.3, 0.4) is 0 Å². The maximum Gasteiger partial charge on any atom is 0.369 e. The molecule has 4 heterocycles. The zero-order chi connectivity index (χ0) is 22.7. The number of aryl methyl sites for hydroxylation is 2. The van der Waals surface area contributed by atoms with E-state index in [4.69, 9.17) is 11.6 Å². The van der Waals surface area contributed by atoms with Crippen LogP contribution in [0, 0.1) is 6.92 Å². The number of benzene rings is 2. The smallest absolute Gasteiger partial charge is 0.361 e. The molecule has 6 aromatic rings. The highest BCUT2D eigenvalue weighted by Crippen LogP contribution is 2.24. The van der Waals surface area contributed by atoms with Crippen LogP contribution in [-0.2, 0) is 13.0 Å². The van der Waals surface area contributed by atoms with E-state index in [-0.39, 0.29) is 11.1 Å². The molecule has 0 unspecified atom stereocenters. The number of hydrogen-bond acceptors (Lipinski definition) is 3. The quantitative estimate of drug-likeness (QED) is 0.399. The van der Waals surface area contributed by atoms with Gasteiger partial charge < -0.3 is 9.55 Å². The Bertz CT molecular complexity index is 1770. The van der Waals surface area contributed by atoms with Crippen molar-refractivity contribution >= 4 is 55.0 Å². The lowest BCUT2D eigenvalue weighted by Crippen LogP contribution is -2.24. The summed E-state index contributed by atoms with van der Waals surface area (Å²) in [4.78, 5) is 32.8. The van der Waals surface area contributed by atoms with Crippen molar-refractivity contribution < 1.29 is 4.98 Å². The second kappa shape index (κ2) is 7.47. The number of halogens is 1. The maximum absolute atomic E-state index is 13.3. The normalized spacial score (nSPS) is 11.8. The number of nitrogens with zero attached hydrogens (tertiary/aromatic N) is 2. The molecule has 0 fully saturated rings. The molecule has 164 valence electrons. The van der Waals surface area contributed by atoms with Gasteiger partial charge in [0, 0.05) is 40.4 Å². The molecule has 3 N–H and O–H groups in total. The first kappa shape index (κ1) is 20.0. The minimum atomic E-state index is -0.182. The topological polar surface area (TPSA) is 89.7 Å². The van der Waals surface area contributed by atoms with Gasteiger partial charge in [-0.25, -0.2) is 14.9 Å². The van der Waals surface area contributed by atoms with Gasteiger partial charge in [0.05, 0.1) is 10.2 Å². The van der Waals surface area contributed by atoms with E-state index in [1.807, 2.05) is 55.6 Å². The van der Waals surface area contributed by atoms with Gasteiger partial charge in [0.2, 0.25) is 0 Å². The molecule has 0 aliphatic rings. The van der Waals surface area contributed by atoms with Crippen LogP contribution < -0.4 is 16.1 Å². The largest absolute Gasteiger partial charge is 0.369 e. The maximum atomic E-state index is 13.3. The lowest BCUT2D eigenvalue weighted by molar-refractivity contribution is -0.334. The van der Waals surface area contributed by atoms with Crippen molar-refractivity contribution in [3.05, 3.63) is 91.7 Å². The van der Waals surface area contributed by atoms with Gasteiger partial charge in [-0.2, -0.15) is 0 Å². The third kappa shape index (κ3) is 3.21. The molecule has 2 aromatic carbocycles. The van der Waals surface area contributed by atoms with Crippen LogP contribution in [0.25, 0.3) is 37.2 Å². The van der Waals surface area contributed by atoms with Crippen LogP contribution in [0.2, 0.25) is 5.02 Å². The van der Waals surface area contributed by atoms with Crippen molar-refractivity contribution in [1.82, 2.24) is 19.3 Å². The summed E-state index contributed by atoms with van der Waals surface area (Å²) in [5.41, 5.74) is 3.88. The van der Waals surface area contributed by atoms with Gasteiger partial charge in [0.1, 0.15) is 10.9 Å². The number of pyridine rings is 1. The monoisotopic (exact) mass is 476 g/mol. The van der Waals surface area contributed by atoms with Gasteiger partial charge in [0.25, 0.3) is 5.56 Å². The fourth-order valence-corrected chi connectivity index (χ4v) is 5.56. The van der Waals surface area contributed by atoms with Crippen LogP contribution in [0.1, 0.15) is 11.3 Å². The van der Waals surface area contributed by atoms with E-state index in [9.17, 15) is 9.59 Å². The third-order valence-electron chi connectivity index (χ3n) is 6.09. The summed E-state index contributed by atoms with van der Waals surface area (Å²) in [6.45, 7) is 2.28. The van der Waals surface area contributed by atoms with E-state index in [2.05, 4.69) is 15.1 Å². The van der Waals surface area contributed by atoms with Crippen LogP contribution in [0.15, 0.2) is 64.3 Å². The number of para-hydroxylation sites is 1. The van der Waals surface area contributed by atoms with Crippen molar-refractivity contribution in [1.29, 1.82) is 0 Å².